The van der Waals surface area contributed by atoms with E-state index < -0.39 is 0 Å². The number of aliphatic hydroxyl groups is 1. The van der Waals surface area contributed by atoms with Gasteiger partial charge in [0.25, 0.3) is 0 Å². The first-order chi connectivity index (χ1) is 4.31. The maximum atomic E-state index is 8.37. The van der Waals surface area contributed by atoms with Crippen LogP contribution in [0.25, 0.3) is 0 Å². The largest absolute Gasteiger partial charge is 0.395 e. The summed E-state index contributed by atoms with van der Waals surface area (Å²) in [5, 5.41) is 9.89. The molecule has 4 heteroatoms. The topological polar surface area (TPSA) is 58.7 Å². The Bertz CT molecular complexity index is 60.9. The van der Waals surface area contributed by atoms with Crippen molar-refractivity contribution in [2.24, 2.45) is 5.84 Å². The van der Waals surface area contributed by atoms with Crippen LogP contribution in [-0.4, -0.2) is 43.5 Å². The Balaban J connectivity index is 2.95. The highest BCUT2D eigenvalue weighted by Crippen LogP contribution is 1.75. The molecule has 0 atom stereocenters. The lowest BCUT2D eigenvalue weighted by Gasteiger charge is -2.12. The molecule has 0 aliphatic rings. The maximum absolute atomic E-state index is 8.37. The summed E-state index contributed by atoms with van der Waals surface area (Å²) in [6.07, 6.45) is 0. The van der Waals surface area contributed by atoms with Crippen molar-refractivity contribution in [2.45, 2.75) is 0 Å². The van der Waals surface area contributed by atoms with Gasteiger partial charge in [0.2, 0.25) is 0 Å². The van der Waals surface area contributed by atoms with E-state index in [4.69, 9.17) is 15.7 Å². The Morgan fingerprint density at radius 3 is 2.67 bits per heavy atom. The van der Waals surface area contributed by atoms with Gasteiger partial charge in [-0.3, -0.25) is 5.84 Å². The summed E-state index contributed by atoms with van der Waals surface area (Å²) in [7, 11) is 1.62. The molecule has 0 aromatic rings. The fourth-order valence-electron chi connectivity index (χ4n) is 0.449. The van der Waals surface area contributed by atoms with E-state index in [1.807, 2.05) is 0 Å². The zero-order valence-corrected chi connectivity index (χ0v) is 5.71. The molecule has 56 valence electrons. The van der Waals surface area contributed by atoms with E-state index >= 15 is 0 Å². The van der Waals surface area contributed by atoms with E-state index in [0.29, 0.717) is 19.7 Å². The number of hydrogen-bond donors (Lipinski definition) is 2. The van der Waals surface area contributed by atoms with Gasteiger partial charge in [0, 0.05) is 20.2 Å². The second kappa shape index (κ2) is 5.97. The first-order valence-corrected chi connectivity index (χ1v) is 2.90. The lowest BCUT2D eigenvalue weighted by molar-refractivity contribution is 0.132. The molecule has 0 radical (unpaired) electrons. The Morgan fingerprint density at radius 2 is 2.22 bits per heavy atom. The highest BCUT2D eigenvalue weighted by Gasteiger charge is 1.93. The molecule has 0 unspecified atom stereocenters. The van der Waals surface area contributed by atoms with Crippen LogP contribution in [0.2, 0.25) is 0 Å². The number of methoxy groups -OCH3 is 1. The predicted octanol–water partition coefficient (Wildman–Crippen LogP) is -1.20. The Morgan fingerprint density at radius 1 is 1.56 bits per heavy atom. The van der Waals surface area contributed by atoms with E-state index in [-0.39, 0.29) is 6.61 Å². The third kappa shape index (κ3) is 5.72. The number of ether oxygens (including phenoxy) is 1. The van der Waals surface area contributed by atoms with Crippen molar-refractivity contribution in [1.29, 1.82) is 0 Å². The van der Waals surface area contributed by atoms with E-state index in [1.54, 1.807) is 7.11 Å². The highest BCUT2D eigenvalue weighted by atomic mass is 16.5. The summed E-state index contributed by atoms with van der Waals surface area (Å²) in [5.74, 6) is 5.36. The summed E-state index contributed by atoms with van der Waals surface area (Å²) < 4.78 is 4.76. The van der Waals surface area contributed by atoms with Gasteiger partial charge in [-0.05, 0) is 0 Å². The predicted molar refractivity (Wildman–Crippen MR) is 34.7 cm³/mol. The van der Waals surface area contributed by atoms with Gasteiger partial charge in [-0.25, -0.2) is 5.01 Å². The highest BCUT2D eigenvalue weighted by molar-refractivity contribution is 4.43. The Hall–Kier alpha value is -0.160. The van der Waals surface area contributed by atoms with Crippen LogP contribution in [0.3, 0.4) is 0 Å². The number of hydrazine groups is 1. The number of rotatable bonds is 5. The second-order valence-electron chi connectivity index (χ2n) is 1.75. The molecule has 0 aromatic heterocycles. The molecule has 0 rings (SSSR count). The summed E-state index contributed by atoms with van der Waals surface area (Å²) in [6.45, 7) is 1.87. The summed E-state index contributed by atoms with van der Waals surface area (Å²) in [5.41, 5.74) is 0. The van der Waals surface area contributed by atoms with Crippen LogP contribution in [0.5, 0.6) is 0 Å². The number of nitrogens with two attached hydrogens (primary N) is 1. The first kappa shape index (κ1) is 8.84. The molecule has 4 nitrogen and oxygen atoms in total. The molecule has 0 amide bonds. The van der Waals surface area contributed by atoms with Crippen LogP contribution in [0.4, 0.5) is 0 Å². The summed E-state index contributed by atoms with van der Waals surface area (Å²) in [6, 6.07) is 0. The molecule has 0 saturated heterocycles. The standard InChI is InChI=1S/C5H14N2O2/c1-9-5-3-7(6)2-4-8/h8H,2-6H2,1H3. The van der Waals surface area contributed by atoms with Gasteiger partial charge in [-0.15, -0.1) is 0 Å². The van der Waals surface area contributed by atoms with Crippen LogP contribution >= 0.6 is 0 Å². The van der Waals surface area contributed by atoms with Gasteiger partial charge in [0.1, 0.15) is 0 Å². The molecule has 0 aliphatic heterocycles. The fourth-order valence-corrected chi connectivity index (χ4v) is 0.449. The maximum Gasteiger partial charge on any atom is 0.0603 e. The van der Waals surface area contributed by atoms with Gasteiger partial charge in [-0.1, -0.05) is 0 Å². The van der Waals surface area contributed by atoms with Crippen LogP contribution < -0.4 is 5.84 Å². The van der Waals surface area contributed by atoms with Gasteiger partial charge in [-0.2, -0.15) is 0 Å². The molecule has 0 aliphatic carbocycles. The SMILES string of the molecule is COCCN(N)CCO. The molecule has 9 heavy (non-hydrogen) atoms. The zero-order chi connectivity index (χ0) is 7.11. The number of nitrogens with zero attached hydrogens (tertiary/aromatic N) is 1. The van der Waals surface area contributed by atoms with E-state index in [2.05, 4.69) is 0 Å². The normalized spacial score (nSPS) is 10.7. The molecule has 0 heterocycles. The van der Waals surface area contributed by atoms with Crippen LogP contribution in [0.1, 0.15) is 0 Å². The first-order valence-electron chi connectivity index (χ1n) is 2.90. The van der Waals surface area contributed by atoms with Crippen molar-refractivity contribution in [3.63, 3.8) is 0 Å². The zero-order valence-electron chi connectivity index (χ0n) is 5.71. The minimum atomic E-state index is 0.0974. The fraction of sp³-hybridized carbons (Fsp3) is 1.00. The van der Waals surface area contributed by atoms with Gasteiger partial charge >= 0.3 is 0 Å². The van der Waals surface area contributed by atoms with Crippen LogP contribution in [0, 0.1) is 0 Å². The van der Waals surface area contributed by atoms with Gasteiger partial charge in [0.15, 0.2) is 0 Å². The third-order valence-electron chi connectivity index (χ3n) is 0.970. The molecule has 3 N–H and O–H groups in total. The lowest BCUT2D eigenvalue weighted by atomic mass is 10.6. The third-order valence-corrected chi connectivity index (χ3v) is 0.970. The van der Waals surface area contributed by atoms with E-state index in [9.17, 15) is 0 Å². The number of hydrogen-bond acceptors (Lipinski definition) is 4. The smallest absolute Gasteiger partial charge is 0.0603 e. The molecule has 0 aromatic carbocycles. The van der Waals surface area contributed by atoms with Crippen LogP contribution in [0.15, 0.2) is 0 Å². The van der Waals surface area contributed by atoms with Gasteiger partial charge < -0.3 is 9.84 Å². The molecule has 0 fully saturated rings. The average molecular weight is 134 g/mol. The summed E-state index contributed by atoms with van der Waals surface area (Å²) >= 11 is 0. The molecule has 0 spiro atoms. The van der Waals surface area contributed by atoms with E-state index in [1.165, 1.54) is 5.01 Å². The molecule has 0 bridgehead atoms. The van der Waals surface area contributed by atoms with Crippen molar-refractivity contribution < 1.29 is 9.84 Å². The second-order valence-corrected chi connectivity index (χ2v) is 1.75. The molecular formula is C5H14N2O2. The Kier molecular flexibility index (Phi) is 5.86. The molecule has 0 saturated carbocycles. The minimum Gasteiger partial charge on any atom is -0.395 e. The van der Waals surface area contributed by atoms with Crippen molar-refractivity contribution in [3.05, 3.63) is 0 Å². The summed E-state index contributed by atoms with van der Waals surface area (Å²) in [4.78, 5) is 0. The van der Waals surface area contributed by atoms with E-state index in [0.717, 1.165) is 0 Å². The Labute approximate surface area is 55.2 Å². The average Bonchev–Trinajstić information content (AvgIpc) is 1.85. The monoisotopic (exact) mass is 134 g/mol. The quantitative estimate of drug-likeness (QED) is 0.366. The van der Waals surface area contributed by atoms with Crippen LogP contribution in [-0.2, 0) is 4.74 Å². The van der Waals surface area contributed by atoms with Crippen molar-refractivity contribution in [1.82, 2.24) is 5.01 Å². The number of aliphatic hydroxyl groups excluding tert-OH is 1. The van der Waals surface area contributed by atoms with Crippen molar-refractivity contribution in [3.8, 4) is 0 Å². The molecular weight excluding hydrogens is 120 g/mol. The van der Waals surface area contributed by atoms with Crippen molar-refractivity contribution in [2.75, 3.05) is 33.4 Å². The minimum absolute atomic E-state index is 0.0974. The van der Waals surface area contributed by atoms with Gasteiger partial charge in [0.05, 0.1) is 13.2 Å². The van der Waals surface area contributed by atoms with Crippen molar-refractivity contribution >= 4 is 0 Å². The lowest BCUT2D eigenvalue weighted by Crippen LogP contribution is -2.36.